The highest BCUT2D eigenvalue weighted by molar-refractivity contribution is 7.89. The smallest absolute Gasteiger partial charge is 0.264 e. The van der Waals surface area contributed by atoms with Gasteiger partial charge in [0.2, 0.25) is 0 Å². The lowest BCUT2D eigenvalue weighted by molar-refractivity contribution is 0.341. The second-order valence-electron chi connectivity index (χ2n) is 5.44. The van der Waals surface area contributed by atoms with E-state index in [1.165, 1.54) is 0 Å². The third-order valence-electron chi connectivity index (χ3n) is 4.10. The van der Waals surface area contributed by atoms with Gasteiger partial charge in [-0.25, -0.2) is 8.42 Å². The number of nitrogens with zero attached hydrogens (tertiary/aromatic N) is 1. The summed E-state index contributed by atoms with van der Waals surface area (Å²) in [5, 5.41) is 0. The van der Waals surface area contributed by atoms with Gasteiger partial charge in [0.05, 0.1) is 4.90 Å². The number of fused-ring (bicyclic) bond motifs is 1. The van der Waals surface area contributed by atoms with Gasteiger partial charge in [0, 0.05) is 12.2 Å². The number of sulfonamides is 1. The maximum atomic E-state index is 12.7. The van der Waals surface area contributed by atoms with Gasteiger partial charge in [0.25, 0.3) is 10.0 Å². The first-order valence-electron chi connectivity index (χ1n) is 6.88. The average molecular weight is 277 g/mol. The summed E-state index contributed by atoms with van der Waals surface area (Å²) in [6.45, 7) is 2.59. The van der Waals surface area contributed by atoms with Crippen LogP contribution in [0.5, 0.6) is 0 Å². The molecule has 1 heterocycles. The molecule has 1 aromatic rings. The molecule has 1 atom stereocenters. The predicted octanol–water partition coefficient (Wildman–Crippen LogP) is 3.07. The molecule has 1 saturated heterocycles. The highest BCUT2D eigenvalue weighted by Gasteiger charge is 2.35. The number of hydrogen-bond acceptors (Lipinski definition) is 2. The predicted molar refractivity (Wildman–Crippen MR) is 75.1 cm³/mol. The second-order valence-corrected chi connectivity index (χ2v) is 7.30. The van der Waals surface area contributed by atoms with Crippen molar-refractivity contribution in [2.24, 2.45) is 5.92 Å². The highest BCUT2D eigenvalue weighted by atomic mass is 32.2. The van der Waals surface area contributed by atoms with E-state index in [1.807, 2.05) is 19.1 Å². The van der Waals surface area contributed by atoms with Gasteiger partial charge >= 0.3 is 0 Å². The van der Waals surface area contributed by atoms with Gasteiger partial charge in [-0.05, 0) is 50.7 Å². The van der Waals surface area contributed by atoms with Crippen LogP contribution in [0.15, 0.2) is 40.9 Å². The van der Waals surface area contributed by atoms with E-state index < -0.39 is 10.0 Å². The number of allylic oxidation sites excluding steroid dienone is 2. The largest absolute Gasteiger partial charge is 0.270 e. The van der Waals surface area contributed by atoms with Crippen molar-refractivity contribution in [3.05, 3.63) is 41.6 Å². The van der Waals surface area contributed by atoms with E-state index in [0.29, 0.717) is 17.4 Å². The van der Waals surface area contributed by atoms with Crippen molar-refractivity contribution in [1.82, 2.24) is 4.31 Å². The van der Waals surface area contributed by atoms with Gasteiger partial charge < -0.3 is 0 Å². The minimum atomic E-state index is -3.37. The summed E-state index contributed by atoms with van der Waals surface area (Å²) < 4.78 is 27.1. The van der Waals surface area contributed by atoms with Crippen molar-refractivity contribution in [2.45, 2.75) is 37.5 Å². The van der Waals surface area contributed by atoms with Crippen molar-refractivity contribution in [3.8, 4) is 0 Å². The van der Waals surface area contributed by atoms with E-state index in [9.17, 15) is 8.42 Å². The lowest BCUT2D eigenvalue weighted by atomic mass is 9.97. The van der Waals surface area contributed by atoms with Crippen LogP contribution >= 0.6 is 0 Å². The summed E-state index contributed by atoms with van der Waals surface area (Å²) in [7, 11) is -3.37. The number of benzene rings is 1. The van der Waals surface area contributed by atoms with Crippen molar-refractivity contribution in [2.75, 3.05) is 6.54 Å². The zero-order chi connectivity index (χ0) is 13.5. The third kappa shape index (κ3) is 2.18. The molecule has 2 aliphatic rings. The quantitative estimate of drug-likeness (QED) is 0.833. The van der Waals surface area contributed by atoms with Crippen molar-refractivity contribution >= 4 is 10.0 Å². The summed E-state index contributed by atoms with van der Waals surface area (Å²) in [6.07, 6.45) is 6.32. The summed E-state index contributed by atoms with van der Waals surface area (Å²) >= 11 is 0. The lowest BCUT2D eigenvalue weighted by Gasteiger charge is -2.34. The SMILES string of the molecule is Cc1ccc(S(=O)(=O)N2CCCC3CCC=C32)cc1. The first-order valence-corrected chi connectivity index (χ1v) is 8.32. The summed E-state index contributed by atoms with van der Waals surface area (Å²) in [6, 6.07) is 7.14. The van der Waals surface area contributed by atoms with Gasteiger partial charge in [-0.2, -0.15) is 0 Å². The van der Waals surface area contributed by atoms with Gasteiger partial charge in [-0.3, -0.25) is 4.31 Å². The lowest BCUT2D eigenvalue weighted by Crippen LogP contribution is -2.36. The molecule has 102 valence electrons. The van der Waals surface area contributed by atoms with Gasteiger partial charge in [0.15, 0.2) is 0 Å². The molecular weight excluding hydrogens is 258 g/mol. The van der Waals surface area contributed by atoms with E-state index in [0.717, 1.165) is 36.9 Å². The maximum absolute atomic E-state index is 12.7. The van der Waals surface area contributed by atoms with Crippen molar-refractivity contribution in [3.63, 3.8) is 0 Å². The van der Waals surface area contributed by atoms with Crippen LogP contribution in [0.3, 0.4) is 0 Å². The van der Waals surface area contributed by atoms with Crippen LogP contribution in [-0.4, -0.2) is 19.3 Å². The summed E-state index contributed by atoms with van der Waals surface area (Å²) in [4.78, 5) is 0.409. The van der Waals surface area contributed by atoms with E-state index >= 15 is 0 Å². The molecule has 0 bridgehead atoms. The topological polar surface area (TPSA) is 37.4 Å². The van der Waals surface area contributed by atoms with Crippen LogP contribution in [0.2, 0.25) is 0 Å². The van der Waals surface area contributed by atoms with Crippen LogP contribution in [0.1, 0.15) is 31.2 Å². The molecule has 1 aromatic carbocycles. The zero-order valence-electron chi connectivity index (χ0n) is 11.2. The Morgan fingerprint density at radius 3 is 2.63 bits per heavy atom. The molecule has 19 heavy (non-hydrogen) atoms. The molecular formula is C15H19NO2S. The summed E-state index contributed by atoms with van der Waals surface area (Å²) in [5.74, 6) is 0.453. The van der Waals surface area contributed by atoms with E-state index in [2.05, 4.69) is 6.08 Å². The van der Waals surface area contributed by atoms with Crippen LogP contribution < -0.4 is 0 Å². The first kappa shape index (κ1) is 12.7. The molecule has 0 amide bonds. The van der Waals surface area contributed by atoms with Crippen LogP contribution in [0.25, 0.3) is 0 Å². The fraction of sp³-hybridized carbons (Fsp3) is 0.467. The molecule has 3 rings (SSSR count). The molecule has 1 aliphatic heterocycles. The van der Waals surface area contributed by atoms with Crippen molar-refractivity contribution < 1.29 is 8.42 Å². The first-order chi connectivity index (χ1) is 9.09. The highest BCUT2D eigenvalue weighted by Crippen LogP contribution is 2.38. The molecule has 0 radical (unpaired) electrons. The number of hydrogen-bond donors (Lipinski definition) is 0. The second kappa shape index (κ2) is 4.67. The normalized spacial score (nSPS) is 23.1. The molecule has 3 nitrogen and oxygen atoms in total. The molecule has 1 unspecified atom stereocenters. The molecule has 0 saturated carbocycles. The Kier molecular flexibility index (Phi) is 3.13. The minimum Gasteiger partial charge on any atom is -0.270 e. The zero-order valence-corrected chi connectivity index (χ0v) is 12.0. The Balaban J connectivity index is 1.97. The molecule has 0 N–H and O–H groups in total. The summed E-state index contributed by atoms with van der Waals surface area (Å²) in [5.41, 5.74) is 2.11. The molecule has 0 aromatic heterocycles. The molecule has 0 spiro atoms. The Morgan fingerprint density at radius 2 is 1.89 bits per heavy atom. The minimum absolute atomic E-state index is 0.409. The molecule has 1 aliphatic carbocycles. The number of aryl methyl sites for hydroxylation is 1. The molecule has 1 fully saturated rings. The van der Waals surface area contributed by atoms with Crippen molar-refractivity contribution in [1.29, 1.82) is 0 Å². The van der Waals surface area contributed by atoms with Gasteiger partial charge in [-0.1, -0.05) is 23.8 Å². The fourth-order valence-electron chi connectivity index (χ4n) is 3.05. The number of rotatable bonds is 2. The van der Waals surface area contributed by atoms with E-state index in [-0.39, 0.29) is 0 Å². The average Bonchev–Trinajstić information content (AvgIpc) is 2.87. The van der Waals surface area contributed by atoms with E-state index in [1.54, 1.807) is 16.4 Å². The Labute approximate surface area is 115 Å². The Bertz CT molecular complexity index is 602. The Hall–Kier alpha value is -1.29. The van der Waals surface area contributed by atoms with E-state index in [4.69, 9.17) is 0 Å². The van der Waals surface area contributed by atoms with Gasteiger partial charge in [-0.15, -0.1) is 0 Å². The molecule has 4 heteroatoms. The fourth-order valence-corrected chi connectivity index (χ4v) is 4.66. The monoisotopic (exact) mass is 277 g/mol. The number of piperidine rings is 1. The third-order valence-corrected chi connectivity index (χ3v) is 5.94. The maximum Gasteiger partial charge on any atom is 0.264 e. The van der Waals surface area contributed by atoms with Crippen LogP contribution in [0.4, 0.5) is 0 Å². The van der Waals surface area contributed by atoms with Gasteiger partial charge in [0.1, 0.15) is 0 Å². The van der Waals surface area contributed by atoms with Crippen LogP contribution in [0, 0.1) is 12.8 Å². The Morgan fingerprint density at radius 1 is 1.16 bits per heavy atom. The van der Waals surface area contributed by atoms with Crippen LogP contribution in [-0.2, 0) is 10.0 Å². The standard InChI is InChI=1S/C15H19NO2S/c1-12-7-9-14(10-8-12)19(17,18)16-11-3-5-13-4-2-6-15(13)16/h6-10,13H,2-5,11H2,1H3.